The molecule has 2 N–H and O–H groups in total. The van der Waals surface area contributed by atoms with E-state index < -0.39 is 29.6 Å². The Bertz CT molecular complexity index is 606. The number of methoxy groups -OCH3 is 1. The molecule has 0 radical (unpaired) electrons. The van der Waals surface area contributed by atoms with Gasteiger partial charge in [0.1, 0.15) is 11.8 Å². The predicted octanol–water partition coefficient (Wildman–Crippen LogP) is 2.46. The van der Waals surface area contributed by atoms with E-state index in [1.807, 2.05) is 13.8 Å². The second kappa shape index (κ2) is 6.90. The highest BCUT2D eigenvalue weighted by atomic mass is 19.1. The zero-order chi connectivity index (χ0) is 18.1. The summed E-state index contributed by atoms with van der Waals surface area (Å²) in [5, 5.41) is 0. The third kappa shape index (κ3) is 3.16. The van der Waals surface area contributed by atoms with Crippen molar-refractivity contribution in [1.82, 2.24) is 0 Å². The van der Waals surface area contributed by atoms with Crippen LogP contribution in [0.5, 0.6) is 0 Å². The van der Waals surface area contributed by atoms with Gasteiger partial charge in [-0.2, -0.15) is 0 Å². The Kier molecular flexibility index (Phi) is 5.29. The van der Waals surface area contributed by atoms with E-state index in [-0.39, 0.29) is 24.5 Å². The van der Waals surface area contributed by atoms with Gasteiger partial charge in [0.2, 0.25) is 0 Å². The van der Waals surface area contributed by atoms with E-state index >= 15 is 0 Å². The number of rotatable bonds is 4. The molecule has 0 aliphatic carbocycles. The molecule has 8 heteroatoms. The van der Waals surface area contributed by atoms with Crippen LogP contribution in [0.25, 0.3) is 0 Å². The standard InChI is InChI=1S/C14H17F2N3O3.C2H6/c1-14(21-2)7-19(14)12-10(15)3-8(4-11(12)16)18-6-9(5-17)22-13(18)20;1-2/h3-4,9H,5-7,17H2,1-2H3;1-2H3. The molecule has 2 unspecified atom stereocenters. The van der Waals surface area contributed by atoms with Gasteiger partial charge in [-0.05, 0) is 6.92 Å². The molecule has 2 heterocycles. The zero-order valence-electron chi connectivity index (χ0n) is 14.3. The number of ether oxygens (including phenoxy) is 2. The maximum absolute atomic E-state index is 14.3. The summed E-state index contributed by atoms with van der Waals surface area (Å²) in [6.45, 7) is 6.47. The first kappa shape index (κ1) is 18.4. The van der Waals surface area contributed by atoms with Crippen LogP contribution in [0.15, 0.2) is 12.1 Å². The van der Waals surface area contributed by atoms with Crippen LogP contribution < -0.4 is 15.5 Å². The number of benzene rings is 1. The minimum atomic E-state index is -0.750. The van der Waals surface area contributed by atoms with Crippen molar-refractivity contribution in [2.24, 2.45) is 5.73 Å². The van der Waals surface area contributed by atoms with Gasteiger partial charge >= 0.3 is 6.09 Å². The minimum Gasteiger partial charge on any atom is -0.443 e. The van der Waals surface area contributed by atoms with Crippen LogP contribution in [-0.2, 0) is 9.47 Å². The number of carbonyl (C=O) groups is 1. The van der Waals surface area contributed by atoms with Crippen LogP contribution in [0, 0.1) is 11.6 Å². The molecule has 1 amide bonds. The average Bonchev–Trinajstić information content (AvgIpc) is 3.08. The molecule has 24 heavy (non-hydrogen) atoms. The Hall–Kier alpha value is -1.93. The maximum atomic E-state index is 14.3. The maximum Gasteiger partial charge on any atom is 0.414 e. The summed E-state index contributed by atoms with van der Waals surface area (Å²) in [7, 11) is 1.48. The number of hydrogen-bond donors (Lipinski definition) is 1. The van der Waals surface area contributed by atoms with Crippen LogP contribution >= 0.6 is 0 Å². The highest BCUT2D eigenvalue weighted by Gasteiger charge is 2.50. The molecule has 2 saturated heterocycles. The van der Waals surface area contributed by atoms with Crippen molar-refractivity contribution >= 4 is 17.5 Å². The van der Waals surface area contributed by atoms with Crippen LogP contribution in [0.1, 0.15) is 20.8 Å². The van der Waals surface area contributed by atoms with Crippen molar-refractivity contribution in [1.29, 1.82) is 0 Å². The summed E-state index contributed by atoms with van der Waals surface area (Å²) in [5.74, 6) is -1.50. The lowest BCUT2D eigenvalue weighted by Crippen LogP contribution is -2.27. The monoisotopic (exact) mass is 343 g/mol. The summed E-state index contributed by atoms with van der Waals surface area (Å²) >= 11 is 0. The van der Waals surface area contributed by atoms with Gasteiger partial charge in [-0.3, -0.25) is 4.90 Å². The van der Waals surface area contributed by atoms with Crippen molar-refractivity contribution in [2.75, 3.05) is 36.5 Å². The summed E-state index contributed by atoms with van der Waals surface area (Å²) in [6, 6.07) is 2.24. The second-order valence-electron chi connectivity index (χ2n) is 5.58. The minimum absolute atomic E-state index is 0.112. The number of hydrogen-bond acceptors (Lipinski definition) is 5. The Balaban J connectivity index is 0.00000100. The topological polar surface area (TPSA) is 67.8 Å². The highest BCUT2D eigenvalue weighted by Crippen LogP contribution is 2.42. The van der Waals surface area contributed by atoms with Gasteiger partial charge in [0, 0.05) is 25.8 Å². The Morgan fingerprint density at radius 3 is 2.38 bits per heavy atom. The fourth-order valence-electron chi connectivity index (χ4n) is 2.57. The molecule has 2 aliphatic heterocycles. The van der Waals surface area contributed by atoms with Gasteiger partial charge in [-0.15, -0.1) is 0 Å². The number of nitrogens with two attached hydrogens (primary N) is 1. The number of carbonyl (C=O) groups excluding carboxylic acids is 1. The smallest absolute Gasteiger partial charge is 0.414 e. The third-order valence-corrected chi connectivity index (χ3v) is 4.08. The lowest BCUT2D eigenvalue weighted by molar-refractivity contribution is 0.101. The molecule has 0 bridgehead atoms. The van der Waals surface area contributed by atoms with Crippen molar-refractivity contribution in [3.63, 3.8) is 0 Å². The number of halogens is 2. The average molecular weight is 343 g/mol. The van der Waals surface area contributed by atoms with Crippen LogP contribution in [0.2, 0.25) is 0 Å². The molecule has 2 fully saturated rings. The molecule has 2 aliphatic rings. The third-order valence-electron chi connectivity index (χ3n) is 4.08. The number of anilines is 2. The molecule has 0 aromatic heterocycles. The Morgan fingerprint density at radius 2 is 1.96 bits per heavy atom. The summed E-state index contributed by atoms with van der Waals surface area (Å²) < 4.78 is 38.8. The molecule has 3 rings (SSSR count). The van der Waals surface area contributed by atoms with E-state index in [1.165, 1.54) is 16.9 Å². The number of cyclic esters (lactones) is 1. The van der Waals surface area contributed by atoms with Gasteiger partial charge in [-0.25, -0.2) is 13.6 Å². The van der Waals surface area contributed by atoms with Crippen LogP contribution in [-0.4, -0.2) is 44.7 Å². The van der Waals surface area contributed by atoms with E-state index in [1.54, 1.807) is 6.92 Å². The molecule has 2 atom stereocenters. The molecule has 0 spiro atoms. The van der Waals surface area contributed by atoms with E-state index in [0.29, 0.717) is 6.54 Å². The SMILES string of the molecule is CC.COC1(C)CN1c1c(F)cc(N2CC(CN)OC2=O)cc1F. The van der Waals surface area contributed by atoms with Gasteiger partial charge in [0.25, 0.3) is 0 Å². The predicted molar refractivity (Wildman–Crippen MR) is 87.1 cm³/mol. The number of amides is 1. The normalized spacial score (nSPS) is 25.3. The highest BCUT2D eigenvalue weighted by molar-refractivity contribution is 5.90. The summed E-state index contributed by atoms with van der Waals surface area (Å²) in [6.07, 6.45) is -1.13. The number of nitrogens with zero attached hydrogens (tertiary/aromatic N) is 2. The molecule has 0 saturated carbocycles. The zero-order valence-corrected chi connectivity index (χ0v) is 14.3. The quantitative estimate of drug-likeness (QED) is 0.851. The van der Waals surface area contributed by atoms with E-state index in [0.717, 1.165) is 12.1 Å². The first-order chi connectivity index (χ1) is 11.4. The first-order valence-corrected chi connectivity index (χ1v) is 7.89. The summed E-state index contributed by atoms with van der Waals surface area (Å²) in [4.78, 5) is 14.4. The van der Waals surface area contributed by atoms with Gasteiger partial charge in [-0.1, -0.05) is 13.8 Å². The fraction of sp³-hybridized carbons (Fsp3) is 0.562. The Morgan fingerprint density at radius 1 is 1.38 bits per heavy atom. The van der Waals surface area contributed by atoms with E-state index in [4.69, 9.17) is 15.2 Å². The molecule has 6 nitrogen and oxygen atoms in total. The molecular weight excluding hydrogens is 320 g/mol. The molecular formula is C16H23F2N3O3. The first-order valence-electron chi connectivity index (χ1n) is 7.89. The van der Waals surface area contributed by atoms with Crippen LogP contribution in [0.3, 0.4) is 0 Å². The Labute approximate surface area is 140 Å². The van der Waals surface area contributed by atoms with E-state index in [2.05, 4.69) is 0 Å². The van der Waals surface area contributed by atoms with Crippen molar-refractivity contribution in [2.45, 2.75) is 32.6 Å². The molecule has 1 aromatic carbocycles. The van der Waals surface area contributed by atoms with Gasteiger partial charge in [0.05, 0.1) is 18.8 Å². The molecule has 134 valence electrons. The van der Waals surface area contributed by atoms with Gasteiger partial charge in [0.15, 0.2) is 17.4 Å². The lowest BCUT2D eigenvalue weighted by Gasteiger charge is -2.17. The van der Waals surface area contributed by atoms with Gasteiger partial charge < -0.3 is 20.1 Å². The van der Waals surface area contributed by atoms with Crippen molar-refractivity contribution in [3.05, 3.63) is 23.8 Å². The molecule has 1 aromatic rings. The van der Waals surface area contributed by atoms with Crippen molar-refractivity contribution in [3.8, 4) is 0 Å². The van der Waals surface area contributed by atoms with Crippen LogP contribution in [0.4, 0.5) is 25.0 Å². The lowest BCUT2D eigenvalue weighted by atomic mass is 10.2. The van der Waals surface area contributed by atoms with E-state index in [9.17, 15) is 13.6 Å². The second-order valence-corrected chi connectivity index (χ2v) is 5.58. The largest absolute Gasteiger partial charge is 0.443 e. The summed E-state index contributed by atoms with van der Waals surface area (Å²) in [5.41, 5.74) is 4.70. The fourth-order valence-corrected chi connectivity index (χ4v) is 2.57. The van der Waals surface area contributed by atoms with Crippen molar-refractivity contribution < 1.29 is 23.0 Å².